The van der Waals surface area contributed by atoms with Crippen molar-refractivity contribution in [2.75, 3.05) is 0 Å². The van der Waals surface area contributed by atoms with E-state index < -0.39 is 34.8 Å². The van der Waals surface area contributed by atoms with Gasteiger partial charge in [0.15, 0.2) is 0 Å². The fraction of sp³-hybridized carbons (Fsp3) is 0.231. The Labute approximate surface area is 367 Å². The zero-order chi connectivity index (χ0) is 44.2. The van der Waals surface area contributed by atoms with Crippen LogP contribution in [0.25, 0.3) is 66.7 Å². The second-order valence-electron chi connectivity index (χ2n) is 17.5. The molecule has 295 valence electrons. The Balaban J connectivity index is 0.000000394. The van der Waals surface area contributed by atoms with Crippen LogP contribution >= 0.6 is 0 Å². The van der Waals surface area contributed by atoms with Gasteiger partial charge in [-0.2, -0.15) is 0 Å². The van der Waals surface area contributed by atoms with Crippen molar-refractivity contribution in [2.24, 2.45) is 5.41 Å². The molecular formula is C52H52IrN2OSi2-2. The van der Waals surface area contributed by atoms with Crippen LogP contribution in [-0.4, -0.2) is 26.1 Å². The molecule has 8 aromatic rings. The van der Waals surface area contributed by atoms with Crippen LogP contribution in [0.5, 0.6) is 0 Å². The fourth-order valence-corrected chi connectivity index (χ4v) is 18.3. The van der Waals surface area contributed by atoms with E-state index in [1.165, 1.54) is 23.8 Å². The molecule has 6 heteroatoms. The summed E-state index contributed by atoms with van der Waals surface area (Å²) in [7, 11) is -3.02. The number of aryl methyl sites for hydroxylation is 1. The molecule has 0 atom stereocenters. The molecule has 5 aromatic carbocycles. The van der Waals surface area contributed by atoms with E-state index in [0.717, 1.165) is 33.2 Å². The fourth-order valence-electron chi connectivity index (χ4n) is 8.01. The summed E-state index contributed by atoms with van der Waals surface area (Å²) in [4.78, 5) is 8.88. The van der Waals surface area contributed by atoms with Crippen molar-refractivity contribution in [1.29, 1.82) is 0 Å². The minimum absolute atomic E-state index is 0. The third-order valence-corrected chi connectivity index (χ3v) is 18.7. The van der Waals surface area contributed by atoms with Crippen molar-refractivity contribution in [1.82, 2.24) is 9.97 Å². The number of fused-ring (bicyclic) bond motifs is 4. The summed E-state index contributed by atoms with van der Waals surface area (Å²) in [6.45, 7) is 13.2. The van der Waals surface area contributed by atoms with E-state index in [4.69, 9.17) is 11.3 Å². The van der Waals surface area contributed by atoms with Gasteiger partial charge in [0.2, 0.25) is 0 Å². The van der Waals surface area contributed by atoms with Gasteiger partial charge in [-0.25, -0.2) is 0 Å². The molecule has 1 aliphatic heterocycles. The van der Waals surface area contributed by atoms with E-state index in [1.54, 1.807) is 46.9 Å². The molecule has 3 nitrogen and oxygen atoms in total. The van der Waals surface area contributed by atoms with Gasteiger partial charge in [-0.1, -0.05) is 159 Å². The van der Waals surface area contributed by atoms with Crippen molar-refractivity contribution < 1.29 is 31.4 Å². The van der Waals surface area contributed by atoms with Crippen molar-refractivity contribution >= 4 is 48.5 Å². The predicted molar refractivity (Wildman–Crippen MR) is 247 cm³/mol. The van der Waals surface area contributed by atoms with Gasteiger partial charge >= 0.3 is 0 Å². The summed E-state index contributed by atoms with van der Waals surface area (Å²) < 4.78 is 49.1. The first-order valence-electron chi connectivity index (χ1n) is 22.3. The monoisotopic (exact) mass is 974 g/mol. The largest absolute Gasteiger partial charge is 0.500 e. The van der Waals surface area contributed by atoms with Crippen molar-refractivity contribution in [3.63, 3.8) is 0 Å². The second-order valence-corrected chi connectivity index (χ2v) is 27.1. The molecule has 4 heterocycles. The first-order valence-corrected chi connectivity index (χ1v) is 26.2. The Morgan fingerprint density at radius 2 is 1.43 bits per heavy atom. The first kappa shape index (κ1) is 35.2. The number of rotatable bonds is 5. The zero-order valence-corrected chi connectivity index (χ0v) is 38.6. The van der Waals surface area contributed by atoms with E-state index in [-0.39, 0.29) is 25.7 Å². The number of furan rings is 1. The van der Waals surface area contributed by atoms with Crippen molar-refractivity contribution in [3.05, 3.63) is 157 Å². The molecule has 0 saturated heterocycles. The third-order valence-electron chi connectivity index (χ3n) is 11.1. The molecule has 1 radical (unpaired) electrons. The van der Waals surface area contributed by atoms with Crippen LogP contribution in [0.2, 0.25) is 38.3 Å². The second kappa shape index (κ2) is 16.5. The summed E-state index contributed by atoms with van der Waals surface area (Å²) in [5.74, 6) is 0. The van der Waals surface area contributed by atoms with Gasteiger partial charge in [0.1, 0.15) is 5.58 Å². The third kappa shape index (κ3) is 8.53. The van der Waals surface area contributed by atoms with Crippen molar-refractivity contribution in [2.45, 2.75) is 72.3 Å². The maximum absolute atomic E-state index is 8.70. The van der Waals surface area contributed by atoms with Crippen LogP contribution < -0.4 is 10.4 Å². The summed E-state index contributed by atoms with van der Waals surface area (Å²) >= 11 is 0. The summed E-state index contributed by atoms with van der Waals surface area (Å²) in [6, 6.07) is 49.1. The molecule has 0 bridgehead atoms. The van der Waals surface area contributed by atoms with E-state index in [2.05, 4.69) is 84.7 Å². The SMILES string of the molecule is [2H]C([2H])([2H])c1cnc(-c2[c-]ccc3c2oc2c(-c4ccc5c(c4)[Si](C)(C)CC[Si]5(C)C)cccc23)cc1-c1ccc(C([2H])([2H])C(C)(C)C)cc1.[Ir].[c-]1ccccc1-c1ccccn1. The molecule has 58 heavy (non-hydrogen) atoms. The Hall–Kier alpha value is -4.72. The predicted octanol–water partition coefficient (Wildman–Crippen LogP) is 13.1. The molecule has 0 N–H and O–H groups in total. The van der Waals surface area contributed by atoms with Crippen LogP contribution in [0.1, 0.15) is 38.8 Å². The molecule has 0 aliphatic carbocycles. The number of pyridine rings is 2. The summed E-state index contributed by atoms with van der Waals surface area (Å²) in [6.07, 6.45) is 1.66. The van der Waals surface area contributed by atoms with Gasteiger partial charge in [0.25, 0.3) is 0 Å². The van der Waals surface area contributed by atoms with Crippen LogP contribution in [0.4, 0.5) is 0 Å². The summed E-state index contributed by atoms with van der Waals surface area (Å²) in [5, 5.41) is 5.17. The van der Waals surface area contributed by atoms with Crippen LogP contribution in [-0.2, 0) is 26.5 Å². The van der Waals surface area contributed by atoms with E-state index in [9.17, 15) is 0 Å². The Morgan fingerprint density at radius 1 is 0.690 bits per heavy atom. The number of hydrogen-bond acceptors (Lipinski definition) is 3. The Kier molecular flexibility index (Phi) is 10.0. The average molecular weight is 974 g/mol. The van der Waals surface area contributed by atoms with Gasteiger partial charge in [0.05, 0.1) is 21.7 Å². The Morgan fingerprint density at radius 3 is 2.14 bits per heavy atom. The van der Waals surface area contributed by atoms with E-state index in [1.807, 2.05) is 75.4 Å². The minimum atomic E-state index is -2.40. The number of nitrogens with zero attached hydrogens (tertiary/aromatic N) is 2. The molecule has 0 amide bonds. The smallest absolute Gasteiger partial charge is 0.128 e. The normalized spacial score (nSPS) is 16.0. The number of aromatic nitrogens is 2. The summed E-state index contributed by atoms with van der Waals surface area (Å²) in [5.41, 5.74) is 8.21. The molecule has 0 spiro atoms. The minimum Gasteiger partial charge on any atom is -0.500 e. The number of benzene rings is 5. The quantitative estimate of drug-likeness (QED) is 0.127. The molecule has 0 unspecified atom stereocenters. The van der Waals surface area contributed by atoms with E-state index >= 15 is 0 Å². The van der Waals surface area contributed by atoms with Gasteiger partial charge in [-0.3, -0.25) is 0 Å². The van der Waals surface area contributed by atoms with Gasteiger partial charge in [0, 0.05) is 50.3 Å². The first-order chi connectivity index (χ1) is 29.3. The van der Waals surface area contributed by atoms with Gasteiger partial charge in [-0.15, -0.1) is 54.1 Å². The van der Waals surface area contributed by atoms with Crippen LogP contribution in [0, 0.1) is 24.4 Å². The van der Waals surface area contributed by atoms with Gasteiger partial charge < -0.3 is 14.4 Å². The molecule has 3 aromatic heterocycles. The van der Waals surface area contributed by atoms with Gasteiger partial charge in [-0.05, 0) is 63.9 Å². The van der Waals surface area contributed by atoms with E-state index in [0.29, 0.717) is 33.5 Å². The molecular weight excluding hydrogens is 917 g/mol. The number of para-hydroxylation sites is 1. The van der Waals surface area contributed by atoms with Crippen LogP contribution in [0.15, 0.2) is 138 Å². The Bertz CT molecular complexity index is 2870. The molecule has 0 fully saturated rings. The molecule has 9 rings (SSSR count). The van der Waals surface area contributed by atoms with Crippen LogP contribution in [0.3, 0.4) is 0 Å². The standard InChI is InChI=1S/C41H44NOSi2.C11H8N.Ir/c1-27-26-42-36(24-35(27)29-17-15-28(16-18-29)25-41(2,3)4)34-14-10-13-33-32-12-9-11-31(39(32)43-40(33)34)30-19-20-37-38(23-30)45(7,8)22-21-44(37,5)6;1-2-6-10(7-3-1)11-8-4-5-9-12-11;/h9-13,15-20,23-24,26H,21-22,25H2,1-8H3;1-6,8-9H;/q2*-1;/i1D3,25D2;;. The topological polar surface area (TPSA) is 38.9 Å². The molecule has 0 saturated carbocycles. The molecule has 1 aliphatic rings. The average Bonchev–Trinajstić information content (AvgIpc) is 3.65. The maximum Gasteiger partial charge on any atom is 0.128 e. The number of hydrogen-bond donors (Lipinski definition) is 0. The zero-order valence-electron chi connectivity index (χ0n) is 39.3. The maximum atomic E-state index is 8.70. The van der Waals surface area contributed by atoms with Crippen molar-refractivity contribution in [3.8, 4) is 44.8 Å².